The number of halogens is 1. The van der Waals surface area contributed by atoms with Gasteiger partial charge in [-0.3, -0.25) is 5.10 Å². The van der Waals surface area contributed by atoms with Crippen molar-refractivity contribution in [1.29, 1.82) is 0 Å². The van der Waals surface area contributed by atoms with Crippen molar-refractivity contribution in [3.8, 4) is 0 Å². The van der Waals surface area contributed by atoms with Crippen LogP contribution >= 0.6 is 11.6 Å². The maximum Gasteiger partial charge on any atom is 0.322 e. The van der Waals surface area contributed by atoms with Gasteiger partial charge in [-0.1, -0.05) is 31.0 Å². The third-order valence-electron chi connectivity index (χ3n) is 5.33. The SMILES string of the molecule is CC1(c2n[nH]c3c2CN(C(=O)Nc2cccc(Cl)c2)CC3)CCC1. The van der Waals surface area contributed by atoms with Crippen LogP contribution in [0.1, 0.15) is 43.1 Å². The van der Waals surface area contributed by atoms with Crippen molar-refractivity contribution in [2.24, 2.45) is 0 Å². The predicted octanol–water partition coefficient (Wildman–Crippen LogP) is 4.09. The lowest BCUT2D eigenvalue weighted by atomic mass is 9.67. The highest BCUT2D eigenvalue weighted by Gasteiger charge is 2.39. The Morgan fingerprint density at radius 3 is 2.96 bits per heavy atom. The second-order valence-electron chi connectivity index (χ2n) is 7.06. The largest absolute Gasteiger partial charge is 0.322 e. The average molecular weight is 345 g/mol. The number of amides is 2. The van der Waals surface area contributed by atoms with Gasteiger partial charge in [-0.2, -0.15) is 5.10 Å². The number of fused-ring (bicyclic) bond motifs is 1. The number of aromatic amines is 1. The molecule has 1 aliphatic carbocycles. The van der Waals surface area contributed by atoms with Crippen LogP contribution in [0.15, 0.2) is 24.3 Å². The normalized spacial score (nSPS) is 18.7. The van der Waals surface area contributed by atoms with Gasteiger partial charge in [0.2, 0.25) is 0 Å². The average Bonchev–Trinajstić information content (AvgIpc) is 2.96. The molecule has 0 atom stereocenters. The molecule has 4 rings (SSSR count). The fourth-order valence-corrected chi connectivity index (χ4v) is 3.87. The van der Waals surface area contributed by atoms with Crippen LogP contribution in [-0.2, 0) is 18.4 Å². The molecule has 1 fully saturated rings. The van der Waals surface area contributed by atoms with Gasteiger partial charge in [0.1, 0.15) is 0 Å². The monoisotopic (exact) mass is 344 g/mol. The number of benzene rings is 1. The number of H-pyrrole nitrogens is 1. The van der Waals surface area contributed by atoms with Crippen molar-refractivity contribution in [3.63, 3.8) is 0 Å². The van der Waals surface area contributed by atoms with E-state index in [1.165, 1.54) is 30.5 Å². The fourth-order valence-electron chi connectivity index (χ4n) is 3.68. The number of aromatic nitrogens is 2. The maximum atomic E-state index is 12.6. The van der Waals surface area contributed by atoms with Crippen LogP contribution in [0.5, 0.6) is 0 Å². The number of carbonyl (C=O) groups is 1. The molecule has 24 heavy (non-hydrogen) atoms. The standard InChI is InChI=1S/C18H21ClN4O/c1-18(7-3-8-18)16-14-11-23(9-6-15(14)21-22-16)17(24)20-13-5-2-4-12(19)10-13/h2,4-5,10H,3,6-9,11H2,1H3,(H,20,24)(H,21,22). The molecular weight excluding hydrogens is 324 g/mol. The maximum absolute atomic E-state index is 12.6. The number of nitrogens with one attached hydrogen (secondary N) is 2. The van der Waals surface area contributed by atoms with Crippen LogP contribution in [0.25, 0.3) is 0 Å². The molecule has 126 valence electrons. The van der Waals surface area contributed by atoms with Crippen molar-refractivity contribution >= 4 is 23.3 Å². The van der Waals surface area contributed by atoms with Gasteiger partial charge in [0.05, 0.1) is 12.2 Å². The molecule has 0 spiro atoms. The third kappa shape index (κ3) is 2.67. The Morgan fingerprint density at radius 1 is 1.42 bits per heavy atom. The topological polar surface area (TPSA) is 61.0 Å². The summed E-state index contributed by atoms with van der Waals surface area (Å²) in [4.78, 5) is 14.4. The van der Waals surface area contributed by atoms with Crippen molar-refractivity contribution in [2.75, 3.05) is 11.9 Å². The molecule has 2 amide bonds. The van der Waals surface area contributed by atoms with Crippen LogP contribution in [0.2, 0.25) is 5.02 Å². The van der Waals surface area contributed by atoms with E-state index in [-0.39, 0.29) is 11.4 Å². The minimum absolute atomic E-state index is 0.0890. The van der Waals surface area contributed by atoms with Crippen molar-refractivity contribution in [3.05, 3.63) is 46.2 Å². The Morgan fingerprint density at radius 2 is 2.25 bits per heavy atom. The third-order valence-corrected chi connectivity index (χ3v) is 5.56. The molecule has 0 radical (unpaired) electrons. The molecule has 1 saturated carbocycles. The van der Waals surface area contributed by atoms with E-state index < -0.39 is 0 Å². The fraction of sp³-hybridized carbons (Fsp3) is 0.444. The lowest BCUT2D eigenvalue weighted by molar-refractivity contribution is 0.204. The summed E-state index contributed by atoms with van der Waals surface area (Å²) >= 11 is 5.98. The summed E-state index contributed by atoms with van der Waals surface area (Å²) in [6.45, 7) is 3.58. The van der Waals surface area contributed by atoms with Crippen LogP contribution in [-0.4, -0.2) is 27.7 Å². The first-order chi connectivity index (χ1) is 11.5. The van der Waals surface area contributed by atoms with Crippen LogP contribution in [0, 0.1) is 0 Å². The number of anilines is 1. The first-order valence-electron chi connectivity index (χ1n) is 8.43. The van der Waals surface area contributed by atoms with Crippen LogP contribution in [0.4, 0.5) is 10.5 Å². The van der Waals surface area contributed by atoms with Gasteiger partial charge >= 0.3 is 6.03 Å². The molecule has 6 heteroatoms. The van der Waals surface area contributed by atoms with Gasteiger partial charge in [0, 0.05) is 40.3 Å². The molecular formula is C18H21ClN4O. The Kier molecular flexibility index (Phi) is 3.76. The summed E-state index contributed by atoms with van der Waals surface area (Å²) in [5.41, 5.74) is 4.45. The first-order valence-corrected chi connectivity index (χ1v) is 8.81. The lowest BCUT2D eigenvalue weighted by Gasteiger charge is -2.38. The Bertz CT molecular complexity index is 781. The highest BCUT2D eigenvalue weighted by Crippen LogP contribution is 2.44. The minimum atomic E-state index is -0.0890. The predicted molar refractivity (Wildman–Crippen MR) is 94.4 cm³/mol. The Hall–Kier alpha value is -2.01. The summed E-state index contributed by atoms with van der Waals surface area (Å²) < 4.78 is 0. The smallest absolute Gasteiger partial charge is 0.320 e. The summed E-state index contributed by atoms with van der Waals surface area (Å²) in [5.74, 6) is 0. The van der Waals surface area contributed by atoms with Crippen molar-refractivity contribution in [1.82, 2.24) is 15.1 Å². The molecule has 2 aliphatic rings. The second-order valence-corrected chi connectivity index (χ2v) is 7.49. The quantitative estimate of drug-likeness (QED) is 0.861. The molecule has 1 aromatic heterocycles. The first kappa shape index (κ1) is 15.5. The van der Waals surface area contributed by atoms with Gasteiger partial charge in [0.25, 0.3) is 0 Å². The number of hydrogen-bond donors (Lipinski definition) is 2. The Labute approximate surface area is 146 Å². The zero-order chi connectivity index (χ0) is 16.7. The number of carbonyl (C=O) groups excluding carboxylic acids is 1. The van der Waals surface area contributed by atoms with Gasteiger partial charge in [-0.25, -0.2) is 4.79 Å². The summed E-state index contributed by atoms with van der Waals surface area (Å²) in [7, 11) is 0. The number of nitrogens with zero attached hydrogens (tertiary/aromatic N) is 2. The van der Waals surface area contributed by atoms with Crippen LogP contribution in [0.3, 0.4) is 0 Å². The summed E-state index contributed by atoms with van der Waals surface area (Å²) in [6.07, 6.45) is 4.44. The molecule has 1 aliphatic heterocycles. The van der Waals surface area contributed by atoms with E-state index in [1.54, 1.807) is 12.1 Å². The van der Waals surface area contributed by atoms with E-state index in [1.807, 2.05) is 17.0 Å². The zero-order valence-electron chi connectivity index (χ0n) is 13.7. The van der Waals surface area contributed by atoms with E-state index in [9.17, 15) is 4.79 Å². The highest BCUT2D eigenvalue weighted by molar-refractivity contribution is 6.30. The van der Waals surface area contributed by atoms with E-state index in [0.717, 1.165) is 17.8 Å². The molecule has 2 aromatic rings. The van der Waals surface area contributed by atoms with Gasteiger partial charge < -0.3 is 10.2 Å². The summed E-state index contributed by atoms with van der Waals surface area (Å²) in [6, 6.07) is 7.14. The lowest BCUT2D eigenvalue weighted by Crippen LogP contribution is -2.40. The summed E-state index contributed by atoms with van der Waals surface area (Å²) in [5, 5.41) is 11.3. The number of rotatable bonds is 2. The molecule has 5 nitrogen and oxygen atoms in total. The van der Waals surface area contributed by atoms with Crippen molar-refractivity contribution in [2.45, 2.75) is 44.6 Å². The highest BCUT2D eigenvalue weighted by atomic mass is 35.5. The molecule has 0 saturated heterocycles. The van der Waals surface area contributed by atoms with E-state index in [0.29, 0.717) is 18.1 Å². The van der Waals surface area contributed by atoms with Gasteiger partial charge in [0.15, 0.2) is 0 Å². The zero-order valence-corrected chi connectivity index (χ0v) is 14.5. The van der Waals surface area contributed by atoms with Crippen LogP contribution < -0.4 is 5.32 Å². The van der Waals surface area contributed by atoms with E-state index in [2.05, 4.69) is 22.4 Å². The number of hydrogen-bond acceptors (Lipinski definition) is 2. The van der Waals surface area contributed by atoms with E-state index >= 15 is 0 Å². The van der Waals surface area contributed by atoms with E-state index in [4.69, 9.17) is 11.6 Å². The Balaban J connectivity index is 1.51. The molecule has 2 N–H and O–H groups in total. The molecule has 2 heterocycles. The van der Waals surface area contributed by atoms with Gasteiger partial charge in [-0.15, -0.1) is 0 Å². The molecule has 1 aromatic carbocycles. The van der Waals surface area contributed by atoms with Gasteiger partial charge in [-0.05, 0) is 31.0 Å². The molecule has 0 unspecified atom stereocenters. The van der Waals surface area contributed by atoms with Crippen molar-refractivity contribution < 1.29 is 4.79 Å². The molecule has 0 bridgehead atoms. The minimum Gasteiger partial charge on any atom is -0.320 e. The number of urea groups is 1. The second kappa shape index (κ2) is 5.81.